The van der Waals surface area contributed by atoms with Gasteiger partial charge >= 0.3 is 0 Å². The van der Waals surface area contributed by atoms with Crippen LogP contribution in [0.25, 0.3) is 0 Å². The lowest BCUT2D eigenvalue weighted by molar-refractivity contribution is -0.118. The number of allylic oxidation sites excluding steroid dienone is 2. The number of carbonyl (C=O) groups is 2. The van der Waals surface area contributed by atoms with Gasteiger partial charge in [0.05, 0.1) is 6.54 Å². The standard InChI is InChI=1S/C5H10.C4H7NO2/c1-4-5(2)3;1-4(7)2-5-3-6/h4H,1-3H3;3H,2H2,1H3,(H,5,6). The van der Waals surface area contributed by atoms with E-state index in [9.17, 15) is 9.59 Å². The van der Waals surface area contributed by atoms with Crippen molar-refractivity contribution in [2.45, 2.75) is 27.7 Å². The molecule has 0 fully saturated rings. The summed E-state index contributed by atoms with van der Waals surface area (Å²) in [7, 11) is 0. The maximum atomic E-state index is 9.98. The third kappa shape index (κ3) is 23.2. The monoisotopic (exact) mass is 171 g/mol. The van der Waals surface area contributed by atoms with Crippen molar-refractivity contribution in [1.82, 2.24) is 5.32 Å². The van der Waals surface area contributed by atoms with Crippen LogP contribution in [-0.2, 0) is 9.59 Å². The smallest absolute Gasteiger partial charge is 0.207 e. The first-order valence-electron chi connectivity index (χ1n) is 3.80. The molecular formula is C9H17NO2. The Morgan fingerprint density at radius 3 is 1.83 bits per heavy atom. The van der Waals surface area contributed by atoms with Crippen LogP contribution in [0.1, 0.15) is 27.7 Å². The van der Waals surface area contributed by atoms with E-state index >= 15 is 0 Å². The van der Waals surface area contributed by atoms with Gasteiger partial charge in [0.2, 0.25) is 6.41 Å². The highest BCUT2D eigenvalue weighted by Gasteiger charge is 1.84. The van der Waals surface area contributed by atoms with Gasteiger partial charge in [0, 0.05) is 0 Å². The van der Waals surface area contributed by atoms with E-state index < -0.39 is 0 Å². The molecule has 0 aromatic rings. The first kappa shape index (κ1) is 13.5. The summed E-state index contributed by atoms with van der Waals surface area (Å²) in [6.07, 6.45) is 2.58. The van der Waals surface area contributed by atoms with Crippen molar-refractivity contribution in [1.29, 1.82) is 0 Å². The number of rotatable bonds is 3. The van der Waals surface area contributed by atoms with E-state index in [1.165, 1.54) is 12.5 Å². The Morgan fingerprint density at radius 1 is 1.33 bits per heavy atom. The average Bonchev–Trinajstić information content (AvgIpc) is 2.02. The van der Waals surface area contributed by atoms with Gasteiger partial charge in [-0.3, -0.25) is 9.59 Å². The average molecular weight is 171 g/mol. The van der Waals surface area contributed by atoms with Crippen molar-refractivity contribution in [3.05, 3.63) is 11.6 Å². The second-order valence-electron chi connectivity index (χ2n) is 2.57. The lowest BCUT2D eigenvalue weighted by Gasteiger charge is -1.86. The van der Waals surface area contributed by atoms with E-state index in [2.05, 4.69) is 25.2 Å². The second-order valence-corrected chi connectivity index (χ2v) is 2.57. The molecule has 3 heteroatoms. The van der Waals surface area contributed by atoms with E-state index in [0.717, 1.165) is 0 Å². The Morgan fingerprint density at radius 2 is 1.75 bits per heavy atom. The molecule has 0 heterocycles. The van der Waals surface area contributed by atoms with E-state index in [-0.39, 0.29) is 12.3 Å². The van der Waals surface area contributed by atoms with Gasteiger partial charge in [0.15, 0.2) is 0 Å². The molecular weight excluding hydrogens is 154 g/mol. The van der Waals surface area contributed by atoms with Crippen LogP contribution in [-0.4, -0.2) is 18.7 Å². The summed E-state index contributed by atoms with van der Waals surface area (Å²) in [5.74, 6) is -0.0351. The summed E-state index contributed by atoms with van der Waals surface area (Å²) in [5.41, 5.74) is 1.38. The minimum absolute atomic E-state index is 0.0351. The highest BCUT2D eigenvalue weighted by atomic mass is 16.1. The SMILES string of the molecule is CC(=O)CNC=O.CC=C(C)C. The fourth-order valence-electron chi connectivity index (χ4n) is 0.185. The van der Waals surface area contributed by atoms with Gasteiger partial charge in [0.1, 0.15) is 5.78 Å². The Bertz CT molecular complexity index is 158. The second kappa shape index (κ2) is 9.88. The number of ketones is 1. The molecule has 1 amide bonds. The predicted molar refractivity (Wildman–Crippen MR) is 49.9 cm³/mol. The quantitative estimate of drug-likeness (QED) is 0.514. The number of Topliss-reactive ketones (excluding diaryl/α,β-unsaturated/α-hetero) is 1. The largest absolute Gasteiger partial charge is 0.352 e. The van der Waals surface area contributed by atoms with Crippen LogP contribution in [0.5, 0.6) is 0 Å². The number of carbonyl (C=O) groups excluding carboxylic acids is 2. The van der Waals surface area contributed by atoms with E-state index in [4.69, 9.17) is 0 Å². The molecule has 0 radical (unpaired) electrons. The van der Waals surface area contributed by atoms with Crippen LogP contribution in [0.2, 0.25) is 0 Å². The molecule has 1 N–H and O–H groups in total. The van der Waals surface area contributed by atoms with Crippen LogP contribution >= 0.6 is 0 Å². The van der Waals surface area contributed by atoms with Crippen molar-refractivity contribution in [3.63, 3.8) is 0 Å². The summed E-state index contributed by atoms with van der Waals surface area (Å²) in [6, 6.07) is 0. The topological polar surface area (TPSA) is 46.2 Å². The van der Waals surface area contributed by atoms with Gasteiger partial charge in [-0.1, -0.05) is 11.6 Å². The van der Waals surface area contributed by atoms with E-state index in [1.807, 2.05) is 6.92 Å². The molecule has 12 heavy (non-hydrogen) atoms. The number of hydrogen-bond donors (Lipinski definition) is 1. The molecule has 0 spiro atoms. The number of hydrogen-bond acceptors (Lipinski definition) is 2. The molecule has 0 saturated heterocycles. The summed E-state index contributed by atoms with van der Waals surface area (Å²) < 4.78 is 0. The molecule has 0 bridgehead atoms. The van der Waals surface area contributed by atoms with Crippen LogP contribution in [0.4, 0.5) is 0 Å². The zero-order valence-corrected chi connectivity index (χ0v) is 8.18. The van der Waals surface area contributed by atoms with Crippen molar-refractivity contribution >= 4 is 12.2 Å². The molecule has 0 rings (SSSR count). The number of amides is 1. The number of nitrogens with one attached hydrogen (secondary N) is 1. The van der Waals surface area contributed by atoms with E-state index in [1.54, 1.807) is 0 Å². The lowest BCUT2D eigenvalue weighted by atomic mass is 10.3. The van der Waals surface area contributed by atoms with E-state index in [0.29, 0.717) is 6.41 Å². The predicted octanol–water partition coefficient (Wildman–Crippen LogP) is 1.29. The molecule has 0 aromatic heterocycles. The molecule has 0 aliphatic carbocycles. The Balaban J connectivity index is 0. The molecule has 0 aliphatic heterocycles. The molecule has 70 valence electrons. The van der Waals surface area contributed by atoms with Gasteiger partial charge in [-0.25, -0.2) is 0 Å². The van der Waals surface area contributed by atoms with Crippen LogP contribution in [0.15, 0.2) is 11.6 Å². The van der Waals surface area contributed by atoms with Crippen LogP contribution in [0, 0.1) is 0 Å². The Kier molecular flexibility index (Phi) is 11.1. The molecule has 0 unspecified atom stereocenters. The maximum absolute atomic E-state index is 9.98. The normalized spacial score (nSPS) is 7.33. The third-order valence-corrected chi connectivity index (χ3v) is 1.01. The molecule has 3 nitrogen and oxygen atoms in total. The minimum atomic E-state index is -0.0351. The fourth-order valence-corrected chi connectivity index (χ4v) is 0.185. The van der Waals surface area contributed by atoms with Crippen molar-refractivity contribution < 1.29 is 9.59 Å². The summed E-state index contributed by atoms with van der Waals surface area (Å²) >= 11 is 0. The summed E-state index contributed by atoms with van der Waals surface area (Å²) in [4.78, 5) is 19.4. The van der Waals surface area contributed by atoms with Crippen molar-refractivity contribution in [3.8, 4) is 0 Å². The van der Waals surface area contributed by atoms with Gasteiger partial charge in [-0.2, -0.15) is 0 Å². The van der Waals surface area contributed by atoms with Gasteiger partial charge in [-0.05, 0) is 27.7 Å². The minimum Gasteiger partial charge on any atom is -0.352 e. The van der Waals surface area contributed by atoms with Crippen molar-refractivity contribution in [2.24, 2.45) is 0 Å². The van der Waals surface area contributed by atoms with Gasteiger partial charge in [-0.15, -0.1) is 0 Å². The Hall–Kier alpha value is -1.12. The summed E-state index contributed by atoms with van der Waals surface area (Å²) in [6.45, 7) is 7.76. The van der Waals surface area contributed by atoms with Gasteiger partial charge < -0.3 is 5.32 Å². The highest BCUT2D eigenvalue weighted by Crippen LogP contribution is 1.82. The molecule has 0 aliphatic rings. The highest BCUT2D eigenvalue weighted by molar-refractivity contribution is 5.79. The van der Waals surface area contributed by atoms with Gasteiger partial charge in [0.25, 0.3) is 0 Å². The molecule has 0 saturated carbocycles. The zero-order valence-electron chi connectivity index (χ0n) is 8.18. The third-order valence-electron chi connectivity index (χ3n) is 1.01. The summed E-state index contributed by atoms with van der Waals surface area (Å²) in [5, 5.41) is 2.22. The molecule has 0 aromatic carbocycles. The Labute approximate surface area is 73.8 Å². The zero-order chi connectivity index (χ0) is 9.98. The lowest BCUT2D eigenvalue weighted by Crippen LogP contribution is -2.18. The first-order chi connectivity index (χ1) is 5.54. The fraction of sp³-hybridized carbons (Fsp3) is 0.556. The first-order valence-corrected chi connectivity index (χ1v) is 3.80. The van der Waals surface area contributed by atoms with Crippen LogP contribution in [0.3, 0.4) is 0 Å². The molecule has 0 atom stereocenters. The van der Waals surface area contributed by atoms with Crippen LogP contribution < -0.4 is 5.32 Å². The maximum Gasteiger partial charge on any atom is 0.207 e. The van der Waals surface area contributed by atoms with Crippen molar-refractivity contribution in [2.75, 3.05) is 6.54 Å².